The summed E-state index contributed by atoms with van der Waals surface area (Å²) in [6, 6.07) is 49.8. The Kier molecular flexibility index (Phi) is 5.32. The van der Waals surface area contributed by atoms with Gasteiger partial charge in [0, 0.05) is 57.8 Å². The molecule has 3 nitrogen and oxygen atoms in total. The van der Waals surface area contributed by atoms with E-state index in [1.165, 1.54) is 52.1 Å². The van der Waals surface area contributed by atoms with Crippen molar-refractivity contribution >= 4 is 85.0 Å². The van der Waals surface area contributed by atoms with E-state index in [0.29, 0.717) is 0 Å². The highest BCUT2D eigenvalue weighted by molar-refractivity contribution is 7.27. The molecule has 0 atom stereocenters. The molecule has 10 aromatic rings. The second-order valence-electron chi connectivity index (χ2n) is 11.4. The van der Waals surface area contributed by atoms with E-state index in [-0.39, 0.29) is 0 Å². The number of para-hydroxylation sites is 1. The van der Waals surface area contributed by atoms with Gasteiger partial charge in [-0.25, -0.2) is 9.97 Å². The number of thiophene rings is 2. The van der Waals surface area contributed by atoms with Gasteiger partial charge in [-0.15, -0.1) is 22.7 Å². The first-order chi connectivity index (χ1) is 22.3. The molecule has 0 N–H and O–H groups in total. The van der Waals surface area contributed by atoms with Crippen LogP contribution in [0.25, 0.3) is 90.6 Å². The number of nitrogens with zero attached hydrogens (tertiary/aromatic N) is 3. The highest BCUT2D eigenvalue weighted by Gasteiger charge is 2.19. The molecule has 0 radical (unpaired) electrons. The number of benzene rings is 6. The summed E-state index contributed by atoms with van der Waals surface area (Å²) in [5, 5.41) is 6.38. The molecule has 210 valence electrons. The molecular weight excluding hydrogens is 587 g/mol. The number of hydrogen-bond donors (Lipinski definition) is 0. The first-order valence-electron chi connectivity index (χ1n) is 15.0. The third-order valence-corrected chi connectivity index (χ3v) is 11.2. The molecule has 0 bridgehead atoms. The first-order valence-corrected chi connectivity index (χ1v) is 16.6. The fourth-order valence-electron chi connectivity index (χ4n) is 6.81. The monoisotopic (exact) mass is 609 g/mol. The zero-order valence-corrected chi connectivity index (χ0v) is 25.6. The zero-order chi connectivity index (χ0) is 29.5. The smallest absolute Gasteiger partial charge is 0.160 e. The van der Waals surface area contributed by atoms with E-state index in [1.54, 1.807) is 11.3 Å². The van der Waals surface area contributed by atoms with E-state index in [2.05, 4.69) is 144 Å². The van der Waals surface area contributed by atoms with Gasteiger partial charge in [-0.1, -0.05) is 103 Å². The van der Waals surface area contributed by atoms with Crippen molar-refractivity contribution < 1.29 is 0 Å². The summed E-state index contributed by atoms with van der Waals surface area (Å²) < 4.78 is 7.40. The third-order valence-electron chi connectivity index (χ3n) is 8.81. The van der Waals surface area contributed by atoms with Crippen molar-refractivity contribution in [1.29, 1.82) is 0 Å². The van der Waals surface area contributed by atoms with Crippen LogP contribution in [0.5, 0.6) is 0 Å². The van der Waals surface area contributed by atoms with E-state index in [1.807, 2.05) is 11.3 Å². The van der Waals surface area contributed by atoms with Gasteiger partial charge in [0.25, 0.3) is 0 Å². The standard InChI is InChI=1S/C40H23N3S2/c1-2-11-24(12-3-1)36-39-37(30-17-6-9-20-34(30)45-39)42-40(41-36)25-13-10-14-26(23-25)43-31-18-7-4-16-29(31)35-32(43)22-21-28-27-15-5-8-19-33(27)44-38(28)35/h1-23H. The molecule has 10 rings (SSSR count). The minimum absolute atomic E-state index is 0.736. The van der Waals surface area contributed by atoms with Crippen LogP contribution < -0.4 is 0 Å². The minimum Gasteiger partial charge on any atom is -0.309 e. The van der Waals surface area contributed by atoms with Crippen molar-refractivity contribution in [2.45, 2.75) is 0 Å². The molecule has 0 spiro atoms. The lowest BCUT2D eigenvalue weighted by Gasteiger charge is -2.11. The minimum atomic E-state index is 0.736. The molecule has 0 fully saturated rings. The van der Waals surface area contributed by atoms with Gasteiger partial charge in [-0.2, -0.15) is 0 Å². The highest BCUT2D eigenvalue weighted by atomic mass is 32.1. The van der Waals surface area contributed by atoms with Crippen LogP contribution in [-0.4, -0.2) is 14.5 Å². The molecule has 45 heavy (non-hydrogen) atoms. The SMILES string of the molecule is c1ccc(-c2nc(-c3cccc(-n4c5ccccc5c5c6sc7ccccc7c6ccc54)c3)nc3c2sc2ccccc23)cc1. The van der Waals surface area contributed by atoms with Crippen molar-refractivity contribution in [1.82, 2.24) is 14.5 Å². The quantitative estimate of drug-likeness (QED) is 0.199. The normalized spacial score (nSPS) is 12.0. The zero-order valence-electron chi connectivity index (χ0n) is 23.9. The van der Waals surface area contributed by atoms with E-state index in [9.17, 15) is 0 Å². The number of rotatable bonds is 3. The fraction of sp³-hybridized carbons (Fsp3) is 0. The maximum Gasteiger partial charge on any atom is 0.160 e. The van der Waals surface area contributed by atoms with Crippen LogP contribution in [0.2, 0.25) is 0 Å². The molecule has 4 heterocycles. The van der Waals surface area contributed by atoms with Crippen molar-refractivity contribution in [2.75, 3.05) is 0 Å². The average Bonchev–Trinajstić information content (AvgIpc) is 3.78. The highest BCUT2D eigenvalue weighted by Crippen LogP contribution is 2.44. The Balaban J connectivity index is 1.23. The third kappa shape index (κ3) is 3.69. The van der Waals surface area contributed by atoms with Crippen LogP contribution >= 0.6 is 22.7 Å². The molecule has 0 aliphatic heterocycles. The Morgan fingerprint density at radius 1 is 0.467 bits per heavy atom. The Labute approximate surface area is 266 Å². The molecule has 4 aromatic heterocycles. The van der Waals surface area contributed by atoms with Crippen LogP contribution in [-0.2, 0) is 0 Å². The van der Waals surface area contributed by atoms with Crippen molar-refractivity contribution in [2.24, 2.45) is 0 Å². The van der Waals surface area contributed by atoms with Gasteiger partial charge in [0.2, 0.25) is 0 Å². The van der Waals surface area contributed by atoms with Crippen LogP contribution in [0.15, 0.2) is 140 Å². The summed E-state index contributed by atoms with van der Waals surface area (Å²) in [5.41, 5.74) is 7.58. The predicted molar refractivity (Wildman–Crippen MR) is 193 cm³/mol. The summed E-state index contributed by atoms with van der Waals surface area (Å²) in [7, 11) is 0. The first kappa shape index (κ1) is 25.0. The van der Waals surface area contributed by atoms with Gasteiger partial charge in [0.1, 0.15) is 0 Å². The second-order valence-corrected chi connectivity index (χ2v) is 13.5. The predicted octanol–water partition coefficient (Wildman–Crippen LogP) is 11.6. The van der Waals surface area contributed by atoms with Gasteiger partial charge in [0.15, 0.2) is 5.82 Å². The van der Waals surface area contributed by atoms with E-state index in [4.69, 9.17) is 9.97 Å². The Morgan fingerprint density at radius 3 is 2.02 bits per heavy atom. The molecule has 6 aromatic carbocycles. The lowest BCUT2D eigenvalue weighted by Crippen LogP contribution is -1.97. The number of hydrogen-bond acceptors (Lipinski definition) is 4. The maximum atomic E-state index is 5.24. The average molecular weight is 610 g/mol. The summed E-state index contributed by atoms with van der Waals surface area (Å²) >= 11 is 3.65. The summed E-state index contributed by atoms with van der Waals surface area (Å²) in [5.74, 6) is 0.736. The van der Waals surface area contributed by atoms with Crippen molar-refractivity contribution in [3.8, 4) is 28.3 Å². The topological polar surface area (TPSA) is 30.7 Å². The van der Waals surface area contributed by atoms with Gasteiger partial charge in [0.05, 0.1) is 26.9 Å². The molecule has 0 saturated carbocycles. The van der Waals surface area contributed by atoms with Gasteiger partial charge in [-0.05, 0) is 36.4 Å². The van der Waals surface area contributed by atoms with Gasteiger partial charge < -0.3 is 4.57 Å². The van der Waals surface area contributed by atoms with Crippen LogP contribution in [0.3, 0.4) is 0 Å². The Morgan fingerprint density at radius 2 is 1.16 bits per heavy atom. The lowest BCUT2D eigenvalue weighted by molar-refractivity contribution is 1.17. The summed E-state index contributed by atoms with van der Waals surface area (Å²) in [4.78, 5) is 10.5. The van der Waals surface area contributed by atoms with E-state index >= 15 is 0 Å². The lowest BCUT2D eigenvalue weighted by atomic mass is 10.1. The van der Waals surface area contributed by atoms with Crippen LogP contribution in [0, 0.1) is 0 Å². The second kappa shape index (κ2) is 9.57. The van der Waals surface area contributed by atoms with Crippen molar-refractivity contribution in [3.63, 3.8) is 0 Å². The number of fused-ring (bicyclic) bond motifs is 10. The maximum absolute atomic E-state index is 5.24. The molecule has 0 unspecified atom stereocenters. The van der Waals surface area contributed by atoms with E-state index < -0.39 is 0 Å². The largest absolute Gasteiger partial charge is 0.309 e. The number of aromatic nitrogens is 3. The molecule has 0 saturated heterocycles. The molecule has 5 heteroatoms. The summed E-state index contributed by atoms with van der Waals surface area (Å²) in [6.07, 6.45) is 0. The van der Waals surface area contributed by atoms with Crippen molar-refractivity contribution in [3.05, 3.63) is 140 Å². The molecule has 0 aliphatic carbocycles. The van der Waals surface area contributed by atoms with Crippen LogP contribution in [0.4, 0.5) is 0 Å². The molecule has 0 amide bonds. The Hall–Kier alpha value is -5.36. The van der Waals surface area contributed by atoms with Gasteiger partial charge in [-0.3, -0.25) is 0 Å². The fourth-order valence-corrected chi connectivity index (χ4v) is 9.22. The molecule has 0 aliphatic rings. The molecular formula is C40H23N3S2. The Bertz CT molecular complexity index is 2770. The summed E-state index contributed by atoms with van der Waals surface area (Å²) in [6.45, 7) is 0. The van der Waals surface area contributed by atoms with E-state index in [0.717, 1.165) is 38.5 Å². The van der Waals surface area contributed by atoms with Crippen LogP contribution in [0.1, 0.15) is 0 Å². The van der Waals surface area contributed by atoms with Gasteiger partial charge >= 0.3 is 0 Å².